The summed E-state index contributed by atoms with van der Waals surface area (Å²) in [5.41, 5.74) is 23.8. The summed E-state index contributed by atoms with van der Waals surface area (Å²) >= 11 is 30.0. The van der Waals surface area contributed by atoms with E-state index in [1.807, 2.05) is 312 Å². The van der Waals surface area contributed by atoms with Crippen LogP contribution < -0.4 is 83.6 Å². The fourth-order valence-corrected chi connectivity index (χ4v) is 20.8. The second-order valence-electron chi connectivity index (χ2n) is 31.0. The van der Waals surface area contributed by atoms with Crippen LogP contribution in [0.25, 0.3) is 0 Å². The molecule has 0 N–H and O–H groups in total. The molecule has 12 rings (SSSR count). The van der Waals surface area contributed by atoms with Crippen molar-refractivity contribution in [2.75, 3.05) is 0 Å². The van der Waals surface area contributed by atoms with E-state index in [0.717, 1.165) is 134 Å². The maximum atomic E-state index is 12.4. The molecule has 0 radical (unpaired) electrons. The third-order valence-electron chi connectivity index (χ3n) is 18.5. The van der Waals surface area contributed by atoms with E-state index in [-0.39, 0.29) is 21.1 Å². The van der Waals surface area contributed by atoms with Gasteiger partial charge in [0.2, 0.25) is 40.3 Å². The van der Waals surface area contributed by atoms with Crippen molar-refractivity contribution in [3.63, 3.8) is 0 Å². The normalized spacial score (nSPS) is 11.2. The molecule has 0 aliphatic rings. The number of benzene rings is 12. The Morgan fingerprint density at radius 2 is 0.205 bits per heavy atom. The molecule has 0 fully saturated rings. The smallest absolute Gasteiger partial charge is 0.221 e. The maximum absolute atomic E-state index is 12.4. The maximum Gasteiger partial charge on any atom is 0.221 e. The van der Waals surface area contributed by atoms with Crippen LogP contribution >= 0.6 is 40.3 Å². The molecule has 0 saturated heterocycles. The van der Waals surface area contributed by atoms with Gasteiger partial charge in [-0.3, -0.25) is 0 Å². The van der Waals surface area contributed by atoms with Crippen molar-refractivity contribution >= 4 is 111 Å². The molecule has 0 bridgehead atoms. The van der Waals surface area contributed by atoms with Gasteiger partial charge in [-0.05, 0) is 377 Å². The average molecular weight is 2020 g/mol. The first-order valence-electron chi connectivity index (χ1n) is 39.7. The minimum atomic E-state index is -3.64. The van der Waals surface area contributed by atoms with E-state index >= 15 is 0 Å². The Hall–Kier alpha value is -7.41. The van der Waals surface area contributed by atoms with Crippen molar-refractivity contribution in [3.8, 4) is 69.0 Å². The molecule has 0 unspecified atom stereocenters. The van der Waals surface area contributed by atoms with Crippen LogP contribution in [0.1, 0.15) is 134 Å². The molecule has 127 heavy (non-hydrogen) atoms. The molecule has 0 aliphatic carbocycles. The van der Waals surface area contributed by atoms with Crippen LogP contribution in [0.15, 0.2) is 218 Å². The van der Waals surface area contributed by atoms with Gasteiger partial charge in [-0.15, -0.1) is 0 Å². The van der Waals surface area contributed by atoms with Crippen LogP contribution in [0, 0.1) is 166 Å². The van der Waals surface area contributed by atoms with Crippen LogP contribution in [0.5, 0.6) is 69.0 Å². The molecule has 12 aromatic carbocycles. The molecule has 12 aromatic rings. The fraction of sp³-hybridized carbons (Fsp3) is 0.250. The average Bonchev–Trinajstić information content (AvgIpc) is 0.847. The SMILES string of the molecule is Cc1ccc(OP([O-])(=S)Oc2ccc(C)cc2C)c(C)c1.Cc1ccc(OP([O-])(=S)Oc2ccc(C)cc2C)c(C)c1.Cc1ccc(OP([O-])(=S)Oc2ccc(C)cc2C)c(C)c1.Cc1ccc(OP([O-])(=S)Oc2ccc(C)cc2C)c(C)c1.Cc1ccc(OP([O-])(=S)Oc2ccc(C)cc2C)c(C)c1.Cc1ccc(OP([O-])(=S)Oc2ccc(C)cc2C)c(C)c1.[Mo]. The van der Waals surface area contributed by atoms with Gasteiger partial charge < -0.3 is 83.6 Å². The third kappa shape index (κ3) is 37.0. The minimum absolute atomic E-state index is 0. The van der Waals surface area contributed by atoms with Gasteiger partial charge in [0, 0.05) is 21.1 Å². The van der Waals surface area contributed by atoms with Crippen molar-refractivity contribution in [3.05, 3.63) is 352 Å². The summed E-state index contributed by atoms with van der Waals surface area (Å²) in [6, 6.07) is 67.1. The minimum Gasteiger partial charge on any atom is -0.760 e. The van der Waals surface area contributed by atoms with E-state index in [4.69, 9.17) is 125 Å². The second kappa shape index (κ2) is 48.1. The molecule has 0 aromatic heterocycles. The number of rotatable bonds is 24. The number of hydrogen-bond donors (Lipinski definition) is 0. The largest absolute Gasteiger partial charge is 0.760 e. The van der Waals surface area contributed by atoms with E-state index in [2.05, 4.69) is 0 Å². The van der Waals surface area contributed by atoms with Crippen LogP contribution in [0.2, 0.25) is 0 Å². The Labute approximate surface area is 796 Å². The van der Waals surface area contributed by atoms with Crippen molar-refractivity contribution in [2.45, 2.75) is 166 Å². The summed E-state index contributed by atoms with van der Waals surface area (Å²) in [6.07, 6.45) is 0. The molecule has 0 heterocycles. The zero-order valence-electron chi connectivity index (χ0n) is 75.7. The molecule has 0 amide bonds. The first kappa shape index (κ1) is 108. The second-order valence-corrected chi connectivity index (χ2v) is 46.6. The topological polar surface area (TPSA) is 249 Å². The summed E-state index contributed by atoms with van der Waals surface area (Å²) in [7, 11) is 0. The van der Waals surface area contributed by atoms with Gasteiger partial charge in [-0.2, -0.15) is 0 Å². The summed E-state index contributed by atoms with van der Waals surface area (Å²) < 4.78 is 65.1. The predicted octanol–water partition coefficient (Wildman–Crippen LogP) is 23.8. The van der Waals surface area contributed by atoms with Crippen LogP contribution in [-0.2, 0) is 91.9 Å². The molecule has 678 valence electrons. The molecule has 0 atom stereocenters. The Morgan fingerprint density at radius 1 is 0.142 bits per heavy atom. The first-order chi connectivity index (χ1) is 58.6. The molecule has 0 saturated carbocycles. The van der Waals surface area contributed by atoms with Gasteiger partial charge in [0.25, 0.3) is 0 Å². The molecule has 31 heteroatoms. The Bertz CT molecular complexity index is 4890. The summed E-state index contributed by atoms with van der Waals surface area (Å²) in [4.78, 5) is 74.4. The van der Waals surface area contributed by atoms with E-state index in [1.54, 1.807) is 72.8 Å². The van der Waals surface area contributed by atoms with Gasteiger partial charge >= 0.3 is 0 Å². The Kier molecular flexibility index (Phi) is 41.1. The van der Waals surface area contributed by atoms with Crippen LogP contribution in [0.4, 0.5) is 0 Å². The van der Waals surface area contributed by atoms with Crippen molar-refractivity contribution in [1.29, 1.82) is 0 Å². The van der Waals surface area contributed by atoms with Crippen molar-refractivity contribution in [2.24, 2.45) is 0 Å². The first-order valence-corrected chi connectivity index (χ1v) is 55.0. The van der Waals surface area contributed by atoms with Gasteiger partial charge in [0.15, 0.2) is 0 Å². The summed E-state index contributed by atoms with van der Waals surface area (Å²) in [5, 5.41) is 0. The van der Waals surface area contributed by atoms with E-state index < -0.39 is 40.3 Å². The summed E-state index contributed by atoms with van der Waals surface area (Å²) in [6.45, 7) is 24.6. The zero-order chi connectivity index (χ0) is 93.7. The third-order valence-corrected chi connectivity index (χ3v) is 26.2. The van der Waals surface area contributed by atoms with Crippen molar-refractivity contribution < 1.29 is 105 Å². The molecule has 0 aliphatic heterocycles. The Morgan fingerprint density at radius 3 is 0.260 bits per heavy atom. The number of aryl methyl sites for hydroxylation is 24. The number of hydrogen-bond acceptors (Lipinski definition) is 24. The molecular formula is C96H108MoO18P6S6-6. The van der Waals surface area contributed by atoms with E-state index in [0.29, 0.717) is 69.0 Å². The van der Waals surface area contributed by atoms with Crippen LogP contribution in [0.3, 0.4) is 0 Å². The molecule has 18 nitrogen and oxygen atoms in total. The van der Waals surface area contributed by atoms with Gasteiger partial charge in [0.1, 0.15) is 69.0 Å². The van der Waals surface area contributed by atoms with E-state index in [1.165, 1.54) is 0 Å². The quantitative estimate of drug-likeness (QED) is 0.0403. The standard InChI is InChI=1S/6C16H19O3PS.Mo/c6*1-11-5-7-15(13(3)9-11)18-20(17,21)19-16-8-6-12(2)10-14(16)4;/h6*5-10H,1-4H3,(H,17,21);/p-6. The van der Waals surface area contributed by atoms with Gasteiger partial charge in [0.05, 0.1) is 0 Å². The van der Waals surface area contributed by atoms with Gasteiger partial charge in [-0.25, -0.2) is 0 Å². The molecular weight excluding hydrogens is 1920 g/mol. The zero-order valence-corrected chi connectivity index (χ0v) is 87.9. The van der Waals surface area contributed by atoms with Crippen molar-refractivity contribution in [1.82, 2.24) is 0 Å². The molecule has 0 spiro atoms. The van der Waals surface area contributed by atoms with E-state index in [9.17, 15) is 29.4 Å². The monoisotopic (exact) mass is 2020 g/mol. The Balaban J connectivity index is 0.000000235. The van der Waals surface area contributed by atoms with Gasteiger partial charge in [-0.1, -0.05) is 212 Å². The summed E-state index contributed by atoms with van der Waals surface area (Å²) in [5.74, 6) is 5.87. The fourth-order valence-electron chi connectivity index (χ4n) is 12.4. The predicted molar refractivity (Wildman–Crippen MR) is 524 cm³/mol. The van der Waals surface area contributed by atoms with Crippen LogP contribution in [-0.4, -0.2) is 0 Å².